The summed E-state index contributed by atoms with van der Waals surface area (Å²) in [5, 5.41) is 17.0. The van der Waals surface area contributed by atoms with E-state index in [0.29, 0.717) is 64.2 Å². The number of anilines is 2. The Morgan fingerprint density at radius 3 is 2.57 bits per heavy atom. The number of methoxy groups -OCH3 is 1. The monoisotopic (exact) mass is 693 g/mol. The van der Waals surface area contributed by atoms with E-state index in [1.165, 1.54) is 21.2 Å². The highest BCUT2D eigenvalue weighted by Crippen LogP contribution is 2.40. The molecule has 15 heteroatoms. The quantitative estimate of drug-likeness (QED) is 0.200. The van der Waals surface area contributed by atoms with Gasteiger partial charge in [0.2, 0.25) is 5.88 Å². The van der Waals surface area contributed by atoms with Gasteiger partial charge in [-0.3, -0.25) is 18.9 Å². The number of fused-ring (bicyclic) bond motifs is 1. The van der Waals surface area contributed by atoms with Crippen LogP contribution in [0.15, 0.2) is 58.3 Å². The standard InChI is InChI=1S/C34H34ClF2N7O5/c1-17-18(7-6-10-21(17)40-31-28-26(13-23(41-31)30(36)37)43(2)34(47)44(3)33(28)46)19-8-5-9-20(29(19)35)24-14-39-25(32(42-24)48-4)15-38-22-11-12-49-16-27(22)45/h5-10,13-14,22,27,30,38,45H,11-12,15-16H2,1-4H3,(H,40,41)/t22-,27+/m1/s1. The molecule has 3 aromatic heterocycles. The van der Waals surface area contributed by atoms with Gasteiger partial charge in [-0.2, -0.15) is 0 Å². The summed E-state index contributed by atoms with van der Waals surface area (Å²) in [7, 11) is 4.23. The number of ether oxygens (including phenoxy) is 2. The fraction of sp³-hybridized carbons (Fsp3) is 0.324. The van der Waals surface area contributed by atoms with Gasteiger partial charge >= 0.3 is 5.69 Å². The molecule has 0 radical (unpaired) electrons. The number of halogens is 3. The van der Waals surface area contributed by atoms with Gasteiger partial charge in [0.1, 0.15) is 22.6 Å². The van der Waals surface area contributed by atoms with Crippen molar-refractivity contribution >= 4 is 34.0 Å². The maximum absolute atomic E-state index is 13.9. The number of pyridine rings is 1. The molecule has 12 nitrogen and oxygen atoms in total. The average Bonchev–Trinajstić information content (AvgIpc) is 3.10. The van der Waals surface area contributed by atoms with Crippen molar-refractivity contribution < 1.29 is 23.4 Å². The highest BCUT2D eigenvalue weighted by atomic mass is 35.5. The lowest BCUT2D eigenvalue weighted by Gasteiger charge is -2.28. The van der Waals surface area contributed by atoms with E-state index in [0.717, 1.165) is 20.8 Å². The molecule has 4 heterocycles. The molecule has 5 aromatic rings. The van der Waals surface area contributed by atoms with Gasteiger partial charge in [0, 0.05) is 50.1 Å². The topological polar surface area (TPSA) is 145 Å². The Balaban J connectivity index is 1.35. The van der Waals surface area contributed by atoms with Crippen LogP contribution >= 0.6 is 11.6 Å². The minimum Gasteiger partial charge on any atom is -0.480 e. The molecule has 0 bridgehead atoms. The van der Waals surface area contributed by atoms with Gasteiger partial charge in [0.15, 0.2) is 0 Å². The number of aliphatic hydroxyl groups is 1. The number of aryl methyl sites for hydroxylation is 1. The SMILES string of the molecule is COc1nc(-c2cccc(-c3cccc(Nc4nc(C(F)F)cc5c4c(=O)n(C)c(=O)n5C)c3C)c2Cl)cnc1CN[C@@H]1CCOC[C@@H]1O. The van der Waals surface area contributed by atoms with E-state index in [-0.39, 0.29) is 29.4 Å². The summed E-state index contributed by atoms with van der Waals surface area (Å²) < 4.78 is 40.7. The van der Waals surface area contributed by atoms with Crippen LogP contribution in [0, 0.1) is 6.92 Å². The molecule has 1 fully saturated rings. The molecule has 0 aliphatic carbocycles. The third kappa shape index (κ3) is 6.52. The first-order chi connectivity index (χ1) is 23.5. The van der Waals surface area contributed by atoms with Crippen LogP contribution in [-0.2, 0) is 25.4 Å². The molecule has 0 saturated carbocycles. The maximum atomic E-state index is 13.9. The second-order valence-electron chi connectivity index (χ2n) is 11.7. The fourth-order valence-corrected chi connectivity index (χ4v) is 6.26. The Bertz CT molecular complexity index is 2170. The maximum Gasteiger partial charge on any atom is 0.330 e. The number of nitrogens with zero attached hydrogens (tertiary/aromatic N) is 5. The fourth-order valence-electron chi connectivity index (χ4n) is 5.94. The zero-order valence-corrected chi connectivity index (χ0v) is 27.9. The molecule has 2 aromatic carbocycles. The number of benzene rings is 2. The zero-order chi connectivity index (χ0) is 35.0. The van der Waals surface area contributed by atoms with Crippen LogP contribution < -0.4 is 26.6 Å². The average molecular weight is 694 g/mol. The van der Waals surface area contributed by atoms with Gasteiger partial charge in [0.25, 0.3) is 12.0 Å². The van der Waals surface area contributed by atoms with E-state index in [4.69, 9.17) is 21.1 Å². The lowest BCUT2D eigenvalue weighted by molar-refractivity contribution is -0.0281. The summed E-state index contributed by atoms with van der Waals surface area (Å²) >= 11 is 7.03. The molecule has 0 unspecified atom stereocenters. The first-order valence-corrected chi connectivity index (χ1v) is 15.8. The van der Waals surface area contributed by atoms with Crippen molar-refractivity contribution in [2.75, 3.05) is 25.6 Å². The van der Waals surface area contributed by atoms with Gasteiger partial charge < -0.3 is 25.2 Å². The summed E-state index contributed by atoms with van der Waals surface area (Å²) in [4.78, 5) is 39.1. The molecule has 0 spiro atoms. The molecular weight excluding hydrogens is 660 g/mol. The minimum atomic E-state index is -2.94. The summed E-state index contributed by atoms with van der Waals surface area (Å²) in [5.41, 5.74) is 2.36. The Kier molecular flexibility index (Phi) is 9.75. The highest BCUT2D eigenvalue weighted by molar-refractivity contribution is 6.36. The first kappa shape index (κ1) is 34.1. The Labute approximate surface area is 284 Å². The molecule has 3 N–H and O–H groups in total. The number of hydrogen-bond donors (Lipinski definition) is 3. The van der Waals surface area contributed by atoms with E-state index in [1.54, 1.807) is 18.3 Å². The van der Waals surface area contributed by atoms with Gasteiger partial charge in [0.05, 0.1) is 42.3 Å². The number of aromatic nitrogens is 5. The van der Waals surface area contributed by atoms with Crippen LogP contribution in [0.2, 0.25) is 5.02 Å². The second-order valence-corrected chi connectivity index (χ2v) is 12.1. The van der Waals surface area contributed by atoms with Crippen LogP contribution in [0.5, 0.6) is 5.88 Å². The Morgan fingerprint density at radius 2 is 1.84 bits per heavy atom. The summed E-state index contributed by atoms with van der Waals surface area (Å²) in [6, 6.07) is 11.8. The van der Waals surface area contributed by atoms with Gasteiger partial charge in [-0.25, -0.2) is 23.5 Å². The number of alkyl halides is 2. The number of hydrogen-bond acceptors (Lipinski definition) is 10. The third-order valence-corrected chi connectivity index (χ3v) is 9.12. The summed E-state index contributed by atoms with van der Waals surface area (Å²) in [6.45, 7) is 2.99. The molecule has 49 heavy (non-hydrogen) atoms. The molecule has 6 rings (SSSR count). The number of rotatable bonds is 9. The summed E-state index contributed by atoms with van der Waals surface area (Å²) in [6.07, 6.45) is -1.28. The molecule has 1 aliphatic heterocycles. The second kappa shape index (κ2) is 14.0. The van der Waals surface area contributed by atoms with Crippen LogP contribution in [0.4, 0.5) is 20.3 Å². The van der Waals surface area contributed by atoms with Gasteiger partial charge in [-0.15, -0.1) is 0 Å². The van der Waals surface area contributed by atoms with Crippen molar-refractivity contribution in [3.8, 4) is 28.3 Å². The summed E-state index contributed by atoms with van der Waals surface area (Å²) in [5.74, 6) is 0.206. The Hall–Kier alpha value is -4.76. The Morgan fingerprint density at radius 1 is 1.10 bits per heavy atom. The van der Waals surface area contributed by atoms with Gasteiger partial charge in [-0.1, -0.05) is 41.9 Å². The normalized spacial score (nSPS) is 16.3. The van der Waals surface area contributed by atoms with Crippen LogP contribution in [0.3, 0.4) is 0 Å². The smallest absolute Gasteiger partial charge is 0.330 e. The lowest BCUT2D eigenvalue weighted by Crippen LogP contribution is -2.46. The van der Waals surface area contributed by atoms with E-state index < -0.39 is 29.5 Å². The van der Waals surface area contributed by atoms with Crippen molar-refractivity contribution in [3.63, 3.8) is 0 Å². The third-order valence-electron chi connectivity index (χ3n) is 8.71. The highest BCUT2D eigenvalue weighted by Gasteiger charge is 2.25. The van der Waals surface area contributed by atoms with Crippen molar-refractivity contribution in [1.29, 1.82) is 0 Å². The molecule has 0 amide bonds. The van der Waals surface area contributed by atoms with Crippen LogP contribution in [-0.4, -0.2) is 61.7 Å². The predicted molar refractivity (Wildman–Crippen MR) is 182 cm³/mol. The largest absolute Gasteiger partial charge is 0.480 e. The van der Waals surface area contributed by atoms with E-state index in [2.05, 4.69) is 25.6 Å². The van der Waals surface area contributed by atoms with Crippen molar-refractivity contribution in [3.05, 3.63) is 91.5 Å². The van der Waals surface area contributed by atoms with E-state index in [1.807, 2.05) is 31.2 Å². The number of nitrogens with one attached hydrogen (secondary N) is 2. The predicted octanol–water partition coefficient (Wildman–Crippen LogP) is 4.65. The lowest BCUT2D eigenvalue weighted by atomic mass is 9.96. The minimum absolute atomic E-state index is 0.00561. The van der Waals surface area contributed by atoms with Crippen LogP contribution in [0.1, 0.15) is 29.8 Å². The zero-order valence-electron chi connectivity index (χ0n) is 27.1. The van der Waals surface area contributed by atoms with E-state index >= 15 is 0 Å². The molecule has 1 aliphatic rings. The van der Waals surface area contributed by atoms with Crippen molar-refractivity contribution in [2.24, 2.45) is 14.1 Å². The number of aliphatic hydroxyl groups excluding tert-OH is 1. The van der Waals surface area contributed by atoms with Crippen molar-refractivity contribution in [2.45, 2.75) is 38.5 Å². The molecule has 256 valence electrons. The molecule has 1 saturated heterocycles. The first-order valence-electron chi connectivity index (χ1n) is 15.4. The molecule has 2 atom stereocenters. The van der Waals surface area contributed by atoms with Crippen LogP contribution in [0.25, 0.3) is 33.3 Å². The molecular formula is C34H34ClF2N7O5. The van der Waals surface area contributed by atoms with E-state index in [9.17, 15) is 23.5 Å². The van der Waals surface area contributed by atoms with Gasteiger partial charge in [-0.05, 0) is 36.6 Å². The van der Waals surface area contributed by atoms with Crippen molar-refractivity contribution in [1.82, 2.24) is 29.4 Å².